The van der Waals surface area contributed by atoms with Gasteiger partial charge < -0.3 is 10.6 Å². The Morgan fingerprint density at radius 3 is 2.40 bits per heavy atom. The minimum Gasteiger partial charge on any atom is -0.461 e. The summed E-state index contributed by atoms with van der Waals surface area (Å²) in [7, 11) is -3.23. The van der Waals surface area contributed by atoms with Gasteiger partial charge >= 0.3 is 5.97 Å². The van der Waals surface area contributed by atoms with Gasteiger partial charge in [0.25, 0.3) is 0 Å². The van der Waals surface area contributed by atoms with E-state index in [1.54, 1.807) is 6.92 Å². The summed E-state index contributed by atoms with van der Waals surface area (Å²) in [6.07, 6.45) is 1.42. The van der Waals surface area contributed by atoms with E-state index in [-0.39, 0.29) is 22.5 Å². The van der Waals surface area contributed by atoms with E-state index in [4.69, 9.17) is 10.6 Å². The van der Waals surface area contributed by atoms with Gasteiger partial charge in [0.1, 0.15) is 0 Å². The third-order valence-corrected chi connectivity index (χ3v) is 5.30. The largest absolute Gasteiger partial charge is 0.461 e. The highest BCUT2D eigenvalue weighted by Gasteiger charge is 2.36. The van der Waals surface area contributed by atoms with Crippen molar-refractivity contribution in [3.8, 4) is 0 Å². The molecule has 108 valence electrons. The van der Waals surface area contributed by atoms with Crippen molar-refractivity contribution in [1.82, 2.24) is 0 Å². The van der Waals surface area contributed by atoms with Crippen LogP contribution in [0.5, 0.6) is 0 Å². The van der Waals surface area contributed by atoms with Gasteiger partial charge in [-0.15, -0.1) is 0 Å². The van der Waals surface area contributed by atoms with Crippen LogP contribution in [0.3, 0.4) is 0 Å². The fraction of sp³-hybridized carbons (Fsp3) is 0.385. The lowest BCUT2D eigenvalue weighted by Crippen LogP contribution is -2.20. The molecule has 0 amide bonds. The van der Waals surface area contributed by atoms with E-state index in [2.05, 4.69) is 5.10 Å². The van der Waals surface area contributed by atoms with E-state index in [1.807, 2.05) is 0 Å². The fourth-order valence-corrected chi connectivity index (χ4v) is 3.47. The normalized spacial score (nSPS) is 15.9. The average molecular weight is 296 g/mol. The molecule has 0 heterocycles. The zero-order valence-corrected chi connectivity index (χ0v) is 11.9. The molecule has 2 rings (SSSR count). The van der Waals surface area contributed by atoms with Gasteiger partial charge in [-0.25, -0.2) is 13.2 Å². The molecule has 0 radical (unpaired) electrons. The molecule has 1 aliphatic rings. The highest BCUT2D eigenvalue weighted by molar-refractivity contribution is 7.92. The van der Waals surface area contributed by atoms with Gasteiger partial charge in [0.05, 0.1) is 16.8 Å². The van der Waals surface area contributed by atoms with Crippen LogP contribution in [0.2, 0.25) is 0 Å². The predicted octanol–water partition coefficient (Wildman–Crippen LogP) is 0.849. The van der Waals surface area contributed by atoms with Crippen LogP contribution in [0.4, 0.5) is 0 Å². The molecule has 1 saturated carbocycles. The topological polar surface area (TPSA) is 98.8 Å². The zero-order chi connectivity index (χ0) is 14.8. The summed E-state index contributed by atoms with van der Waals surface area (Å²) in [4.78, 5) is 11.9. The van der Waals surface area contributed by atoms with Crippen LogP contribution in [0.25, 0.3) is 0 Å². The lowest BCUT2D eigenvalue weighted by Gasteiger charge is -2.06. The molecule has 0 bridgehead atoms. The van der Waals surface area contributed by atoms with Crippen molar-refractivity contribution < 1.29 is 17.9 Å². The molecule has 20 heavy (non-hydrogen) atoms. The number of hydrazone groups is 1. The number of nitrogens with zero attached hydrogens (tertiary/aromatic N) is 1. The van der Waals surface area contributed by atoms with E-state index >= 15 is 0 Å². The maximum atomic E-state index is 12.0. The van der Waals surface area contributed by atoms with Gasteiger partial charge in [-0.2, -0.15) is 5.10 Å². The van der Waals surface area contributed by atoms with Crippen molar-refractivity contribution in [2.75, 3.05) is 6.61 Å². The molecule has 1 aromatic rings. The summed E-state index contributed by atoms with van der Waals surface area (Å²) in [6, 6.07) is 5.95. The second-order valence-electron chi connectivity index (χ2n) is 4.47. The summed E-state index contributed by atoms with van der Waals surface area (Å²) in [5.74, 6) is 4.56. The summed E-state index contributed by atoms with van der Waals surface area (Å²) >= 11 is 0. The standard InChI is InChI=1S/C13H16N2O4S/c1-2-19-13(16)12(15-14)9-3-5-10(6-4-9)20(17,18)11-7-8-11/h3-6,11H,2,7-8,14H2,1H3. The smallest absolute Gasteiger partial charge is 0.359 e. The number of nitrogens with two attached hydrogens (primary N) is 1. The Morgan fingerprint density at radius 2 is 1.95 bits per heavy atom. The molecule has 2 N–H and O–H groups in total. The Labute approximate surface area is 117 Å². The van der Waals surface area contributed by atoms with E-state index < -0.39 is 15.8 Å². The van der Waals surface area contributed by atoms with Crippen LogP contribution in [0, 0.1) is 0 Å². The molecule has 7 heteroatoms. The molecule has 0 saturated heterocycles. The first-order valence-corrected chi connectivity index (χ1v) is 7.84. The van der Waals surface area contributed by atoms with Crippen molar-refractivity contribution in [3.05, 3.63) is 29.8 Å². The van der Waals surface area contributed by atoms with Crippen LogP contribution in [0.1, 0.15) is 25.3 Å². The van der Waals surface area contributed by atoms with E-state index in [1.165, 1.54) is 24.3 Å². The summed E-state index contributed by atoms with van der Waals surface area (Å²) < 4.78 is 28.9. The summed E-state index contributed by atoms with van der Waals surface area (Å²) in [5.41, 5.74) is 0.405. The number of carbonyl (C=O) groups is 1. The number of hydrogen-bond acceptors (Lipinski definition) is 6. The maximum Gasteiger partial charge on any atom is 0.359 e. The van der Waals surface area contributed by atoms with Crippen LogP contribution >= 0.6 is 0 Å². The van der Waals surface area contributed by atoms with Crippen LogP contribution < -0.4 is 5.84 Å². The number of sulfone groups is 1. The van der Waals surface area contributed by atoms with E-state index in [9.17, 15) is 13.2 Å². The zero-order valence-electron chi connectivity index (χ0n) is 11.1. The average Bonchev–Trinajstić information content (AvgIpc) is 3.25. The van der Waals surface area contributed by atoms with Gasteiger partial charge in [-0.3, -0.25) is 0 Å². The Morgan fingerprint density at radius 1 is 1.35 bits per heavy atom. The Bertz CT molecular complexity index is 631. The molecule has 1 aromatic carbocycles. The highest BCUT2D eigenvalue weighted by atomic mass is 32.2. The molecule has 0 spiro atoms. The first-order valence-electron chi connectivity index (χ1n) is 6.30. The first kappa shape index (κ1) is 14.5. The van der Waals surface area contributed by atoms with Crippen LogP contribution in [-0.4, -0.2) is 32.0 Å². The van der Waals surface area contributed by atoms with Crippen molar-refractivity contribution >= 4 is 21.5 Å². The van der Waals surface area contributed by atoms with E-state index in [0.29, 0.717) is 18.4 Å². The van der Waals surface area contributed by atoms with Gasteiger partial charge in [-0.1, -0.05) is 12.1 Å². The summed E-state index contributed by atoms with van der Waals surface area (Å²) in [5, 5.41) is 3.15. The van der Waals surface area contributed by atoms with Crippen molar-refractivity contribution in [1.29, 1.82) is 0 Å². The maximum absolute atomic E-state index is 12.0. The number of esters is 1. The number of carbonyl (C=O) groups excluding carboxylic acids is 1. The molecular weight excluding hydrogens is 280 g/mol. The third-order valence-electron chi connectivity index (χ3n) is 3.02. The molecular formula is C13H16N2O4S. The van der Waals surface area contributed by atoms with Crippen molar-refractivity contribution in [2.45, 2.75) is 29.9 Å². The lowest BCUT2D eigenvalue weighted by molar-refractivity contribution is -0.134. The molecule has 0 atom stereocenters. The Balaban J connectivity index is 2.25. The number of benzene rings is 1. The minimum absolute atomic E-state index is 0.0257. The molecule has 6 nitrogen and oxygen atoms in total. The molecule has 0 aromatic heterocycles. The summed E-state index contributed by atoms with van der Waals surface area (Å²) in [6.45, 7) is 1.89. The Kier molecular flexibility index (Phi) is 4.08. The second kappa shape index (κ2) is 5.62. The molecule has 0 aliphatic heterocycles. The van der Waals surface area contributed by atoms with Crippen molar-refractivity contribution in [2.24, 2.45) is 10.9 Å². The van der Waals surface area contributed by atoms with Gasteiger partial charge in [-0.05, 0) is 31.9 Å². The lowest BCUT2D eigenvalue weighted by atomic mass is 10.1. The minimum atomic E-state index is -3.23. The SMILES string of the molecule is CCOC(=O)C(=NN)c1ccc(S(=O)(=O)C2CC2)cc1. The van der Waals surface area contributed by atoms with E-state index in [0.717, 1.165) is 0 Å². The van der Waals surface area contributed by atoms with Crippen molar-refractivity contribution in [3.63, 3.8) is 0 Å². The first-order chi connectivity index (χ1) is 9.50. The number of rotatable bonds is 5. The molecule has 0 unspecified atom stereocenters. The quantitative estimate of drug-likeness (QED) is 0.376. The van der Waals surface area contributed by atoms with Gasteiger partial charge in [0, 0.05) is 5.56 Å². The molecule has 1 fully saturated rings. The fourth-order valence-electron chi connectivity index (χ4n) is 1.82. The monoisotopic (exact) mass is 296 g/mol. The number of hydrogen-bond donors (Lipinski definition) is 1. The second-order valence-corrected chi connectivity index (χ2v) is 6.70. The molecule has 1 aliphatic carbocycles. The van der Waals surface area contributed by atoms with Crippen LogP contribution in [-0.2, 0) is 19.4 Å². The number of ether oxygens (including phenoxy) is 1. The van der Waals surface area contributed by atoms with Gasteiger partial charge in [0.15, 0.2) is 15.5 Å². The Hall–Kier alpha value is -1.89. The van der Waals surface area contributed by atoms with Crippen LogP contribution in [0.15, 0.2) is 34.3 Å². The predicted molar refractivity (Wildman–Crippen MR) is 74.0 cm³/mol. The van der Waals surface area contributed by atoms with Gasteiger partial charge in [0.2, 0.25) is 0 Å². The third kappa shape index (κ3) is 2.82. The highest BCUT2D eigenvalue weighted by Crippen LogP contribution is 2.33.